The van der Waals surface area contributed by atoms with Crippen molar-refractivity contribution in [2.24, 2.45) is 0 Å². The van der Waals surface area contributed by atoms with Crippen molar-refractivity contribution in [3.63, 3.8) is 0 Å². The van der Waals surface area contributed by atoms with Crippen LogP contribution in [0.25, 0.3) is 87.2 Å². The molecule has 0 saturated carbocycles. The summed E-state index contributed by atoms with van der Waals surface area (Å²) in [5, 5.41) is 12.3. The first-order valence-corrected chi connectivity index (χ1v) is 15.1. The lowest BCUT2D eigenvalue weighted by atomic mass is 9.84. The molecule has 0 N–H and O–H groups in total. The fraction of sp³-hybridized carbons (Fsp3) is 0. The van der Waals surface area contributed by atoms with Gasteiger partial charge >= 0.3 is 0 Å². The van der Waals surface area contributed by atoms with Gasteiger partial charge in [-0.05, 0) is 106 Å². The molecule has 0 bridgehead atoms. The summed E-state index contributed by atoms with van der Waals surface area (Å²) >= 11 is 0. The lowest BCUT2D eigenvalue weighted by Crippen LogP contribution is -1.93. The van der Waals surface area contributed by atoms with Gasteiger partial charge in [-0.3, -0.25) is 4.98 Å². The normalized spacial score (nSPS) is 11.6. The van der Waals surface area contributed by atoms with Gasteiger partial charge in [0, 0.05) is 17.8 Å². The van der Waals surface area contributed by atoms with Crippen molar-refractivity contribution in [3.8, 4) is 33.4 Å². The van der Waals surface area contributed by atoms with Crippen LogP contribution >= 0.6 is 0 Å². The van der Waals surface area contributed by atoms with Gasteiger partial charge in [0.05, 0.1) is 0 Å². The Morgan fingerprint density at radius 1 is 0.318 bits per heavy atom. The molecule has 8 aromatic carbocycles. The van der Waals surface area contributed by atoms with Crippen molar-refractivity contribution in [1.82, 2.24) is 4.98 Å². The third-order valence-corrected chi connectivity index (χ3v) is 9.10. The molecule has 44 heavy (non-hydrogen) atoms. The van der Waals surface area contributed by atoms with Gasteiger partial charge in [0.25, 0.3) is 0 Å². The SMILES string of the molecule is c1ccc2cc(-c3ccc4c(-c5ccc6ccccc6c5)c5cnccc5c(-c5cccc6ccccc56)c4c3)ccc2c1. The van der Waals surface area contributed by atoms with E-state index in [0.717, 1.165) is 5.39 Å². The predicted molar refractivity (Wildman–Crippen MR) is 188 cm³/mol. The number of hydrogen-bond donors (Lipinski definition) is 0. The number of aromatic nitrogens is 1. The van der Waals surface area contributed by atoms with Crippen LogP contribution in [0, 0.1) is 0 Å². The zero-order valence-corrected chi connectivity index (χ0v) is 24.0. The van der Waals surface area contributed by atoms with Crippen molar-refractivity contribution >= 4 is 53.9 Å². The minimum Gasteiger partial charge on any atom is -0.264 e. The Kier molecular flexibility index (Phi) is 5.57. The number of hydrogen-bond acceptors (Lipinski definition) is 1. The molecule has 1 heteroatoms. The molecule has 0 aliphatic carbocycles. The molecule has 0 saturated heterocycles. The molecule has 0 aliphatic rings. The number of fused-ring (bicyclic) bond motifs is 5. The van der Waals surface area contributed by atoms with E-state index in [-0.39, 0.29) is 0 Å². The fourth-order valence-electron chi connectivity index (χ4n) is 7.01. The highest BCUT2D eigenvalue weighted by Gasteiger charge is 2.19. The van der Waals surface area contributed by atoms with Crippen LogP contribution in [0.5, 0.6) is 0 Å². The quantitative estimate of drug-likeness (QED) is 0.197. The predicted octanol–water partition coefficient (Wildman–Crippen LogP) is 11.8. The van der Waals surface area contributed by atoms with Crippen LogP contribution in [-0.4, -0.2) is 4.98 Å². The first-order chi connectivity index (χ1) is 21.8. The number of benzene rings is 8. The van der Waals surface area contributed by atoms with E-state index in [4.69, 9.17) is 0 Å². The van der Waals surface area contributed by atoms with Crippen molar-refractivity contribution in [1.29, 1.82) is 0 Å². The van der Waals surface area contributed by atoms with Crippen molar-refractivity contribution in [3.05, 3.63) is 164 Å². The highest BCUT2D eigenvalue weighted by molar-refractivity contribution is 6.24. The van der Waals surface area contributed by atoms with E-state index in [1.165, 1.54) is 81.9 Å². The van der Waals surface area contributed by atoms with Crippen LogP contribution in [0.1, 0.15) is 0 Å². The molecule has 0 radical (unpaired) electrons. The topological polar surface area (TPSA) is 12.9 Å². The Bertz CT molecular complexity index is 2550. The average Bonchev–Trinajstić information content (AvgIpc) is 3.10. The standard InChI is InChI=1S/C43H27N/c1-3-11-31-24-33(18-16-28(31)8-1)34-20-21-38-40(26-34)43(37-15-7-13-30-10-5-6-14-36(30)37)39-22-23-44-27-41(39)42(38)35-19-17-29-9-2-4-12-32(29)25-35/h1-27H. The van der Waals surface area contributed by atoms with E-state index in [1.807, 2.05) is 12.4 Å². The molecule has 0 amide bonds. The lowest BCUT2D eigenvalue weighted by Gasteiger charge is -2.19. The summed E-state index contributed by atoms with van der Waals surface area (Å²) in [4.78, 5) is 4.66. The van der Waals surface area contributed by atoms with Crippen LogP contribution in [-0.2, 0) is 0 Å². The second kappa shape index (κ2) is 9.90. The summed E-state index contributed by atoms with van der Waals surface area (Å²) in [6.45, 7) is 0. The molecule has 0 spiro atoms. The maximum Gasteiger partial charge on any atom is 0.0353 e. The minimum atomic E-state index is 1.16. The first-order valence-electron chi connectivity index (χ1n) is 15.1. The molecular weight excluding hydrogens is 530 g/mol. The third-order valence-electron chi connectivity index (χ3n) is 9.10. The largest absolute Gasteiger partial charge is 0.264 e. The van der Waals surface area contributed by atoms with E-state index in [0.29, 0.717) is 0 Å². The highest BCUT2D eigenvalue weighted by Crippen LogP contribution is 2.46. The molecular formula is C43H27N. The summed E-state index contributed by atoms with van der Waals surface area (Å²) in [6, 6.07) is 55.3. The average molecular weight is 558 g/mol. The van der Waals surface area contributed by atoms with Gasteiger partial charge in [0.2, 0.25) is 0 Å². The summed E-state index contributed by atoms with van der Waals surface area (Å²) in [6.07, 6.45) is 3.98. The monoisotopic (exact) mass is 557 g/mol. The summed E-state index contributed by atoms with van der Waals surface area (Å²) in [7, 11) is 0. The van der Waals surface area contributed by atoms with Gasteiger partial charge in [-0.15, -0.1) is 0 Å². The van der Waals surface area contributed by atoms with Crippen molar-refractivity contribution in [2.45, 2.75) is 0 Å². The molecule has 0 unspecified atom stereocenters. The minimum absolute atomic E-state index is 1.16. The molecule has 204 valence electrons. The second-order valence-corrected chi connectivity index (χ2v) is 11.6. The second-order valence-electron chi connectivity index (χ2n) is 11.6. The number of pyridine rings is 1. The van der Waals surface area contributed by atoms with Gasteiger partial charge in [-0.25, -0.2) is 0 Å². The molecule has 9 rings (SSSR count). The van der Waals surface area contributed by atoms with E-state index < -0.39 is 0 Å². The van der Waals surface area contributed by atoms with E-state index in [2.05, 4.69) is 157 Å². The Morgan fingerprint density at radius 3 is 1.70 bits per heavy atom. The van der Waals surface area contributed by atoms with Gasteiger partial charge in [0.1, 0.15) is 0 Å². The van der Waals surface area contributed by atoms with Crippen LogP contribution in [0.2, 0.25) is 0 Å². The Hall–Kier alpha value is -5.79. The van der Waals surface area contributed by atoms with Crippen LogP contribution in [0.15, 0.2) is 164 Å². The van der Waals surface area contributed by atoms with Gasteiger partial charge in [-0.1, -0.05) is 127 Å². The van der Waals surface area contributed by atoms with Gasteiger partial charge in [0.15, 0.2) is 0 Å². The van der Waals surface area contributed by atoms with Crippen LogP contribution in [0.3, 0.4) is 0 Å². The molecule has 0 aliphatic heterocycles. The first kappa shape index (κ1) is 24.8. The van der Waals surface area contributed by atoms with Gasteiger partial charge < -0.3 is 0 Å². The zero-order valence-electron chi connectivity index (χ0n) is 24.0. The molecule has 9 aromatic rings. The zero-order chi connectivity index (χ0) is 29.0. The van der Waals surface area contributed by atoms with Crippen molar-refractivity contribution in [2.75, 3.05) is 0 Å². The van der Waals surface area contributed by atoms with Crippen molar-refractivity contribution < 1.29 is 0 Å². The molecule has 0 atom stereocenters. The molecule has 0 fully saturated rings. The number of rotatable bonds is 3. The van der Waals surface area contributed by atoms with E-state index in [9.17, 15) is 0 Å². The smallest absolute Gasteiger partial charge is 0.0353 e. The van der Waals surface area contributed by atoms with Gasteiger partial charge in [-0.2, -0.15) is 0 Å². The molecule has 1 aromatic heterocycles. The molecule has 1 nitrogen and oxygen atoms in total. The summed E-state index contributed by atoms with van der Waals surface area (Å²) in [5.41, 5.74) is 7.35. The van der Waals surface area contributed by atoms with Crippen LogP contribution < -0.4 is 0 Å². The summed E-state index contributed by atoms with van der Waals surface area (Å²) in [5.74, 6) is 0. The fourth-order valence-corrected chi connectivity index (χ4v) is 7.01. The maximum absolute atomic E-state index is 4.66. The number of nitrogens with zero attached hydrogens (tertiary/aromatic N) is 1. The van der Waals surface area contributed by atoms with E-state index in [1.54, 1.807) is 0 Å². The Morgan fingerprint density at radius 2 is 0.909 bits per heavy atom. The van der Waals surface area contributed by atoms with E-state index >= 15 is 0 Å². The Labute approximate surface area is 255 Å². The summed E-state index contributed by atoms with van der Waals surface area (Å²) < 4.78 is 0. The molecule has 1 heterocycles. The lowest BCUT2D eigenvalue weighted by molar-refractivity contribution is 1.37. The third kappa shape index (κ3) is 3.91. The highest BCUT2D eigenvalue weighted by atomic mass is 14.6. The Balaban J connectivity index is 1.42. The maximum atomic E-state index is 4.66. The van der Waals surface area contributed by atoms with Crippen LogP contribution in [0.4, 0.5) is 0 Å².